The molecular weight excluding hydrogens is 564 g/mol. The van der Waals surface area contributed by atoms with Crippen LogP contribution in [-0.2, 0) is 11.2 Å². The summed E-state index contributed by atoms with van der Waals surface area (Å²) in [6, 6.07) is 0. The summed E-state index contributed by atoms with van der Waals surface area (Å²) in [5, 5.41) is 0. The third-order valence-electron chi connectivity index (χ3n) is 11.0. The Morgan fingerprint density at radius 2 is 1.22 bits per heavy atom. The molecule has 1 aromatic rings. The summed E-state index contributed by atoms with van der Waals surface area (Å²) in [6.07, 6.45) is 28.6. The van der Waals surface area contributed by atoms with Crippen molar-refractivity contribution in [2.75, 3.05) is 0 Å². The molecule has 266 valence electrons. The molecule has 0 saturated carbocycles. The van der Waals surface area contributed by atoms with E-state index in [-0.39, 0.29) is 11.6 Å². The maximum absolute atomic E-state index is 12.8. The van der Waals surface area contributed by atoms with Gasteiger partial charge in [-0.25, -0.2) is 0 Å². The van der Waals surface area contributed by atoms with E-state index in [0.717, 1.165) is 78.0 Å². The first-order chi connectivity index (χ1) is 22.0. The number of fused-ring (bicyclic) bond motifs is 1. The third-order valence-corrected chi connectivity index (χ3v) is 11.0. The number of unbranched alkanes of at least 4 members (excludes halogenated alkanes) is 10. The quantitative estimate of drug-likeness (QED) is 0.0606. The van der Waals surface area contributed by atoms with Crippen molar-refractivity contribution < 1.29 is 14.3 Å². The molecule has 1 aliphatic rings. The van der Waals surface area contributed by atoms with E-state index in [4.69, 9.17) is 9.47 Å². The molecule has 0 radical (unpaired) electrons. The van der Waals surface area contributed by atoms with Crippen molar-refractivity contribution in [3.05, 3.63) is 22.3 Å². The summed E-state index contributed by atoms with van der Waals surface area (Å²) in [6.45, 7) is 20.5. The number of ether oxygens (including phenoxy) is 2. The molecule has 2 rings (SSSR count). The molecular formula is C43H76O3. The average molecular weight is 641 g/mol. The molecule has 46 heavy (non-hydrogen) atoms. The fourth-order valence-corrected chi connectivity index (χ4v) is 7.51. The van der Waals surface area contributed by atoms with Gasteiger partial charge in [-0.1, -0.05) is 144 Å². The SMILES string of the molecule is CCCCCCCCCCCCCC(=O)Oc1c(C)c(C)c2c(c1C)CCC(C)(CCCC(C)CCCC(C)CCCC(C)C)O2. The highest BCUT2D eigenvalue weighted by molar-refractivity contribution is 5.74. The lowest BCUT2D eigenvalue weighted by Gasteiger charge is -2.38. The van der Waals surface area contributed by atoms with Crippen LogP contribution < -0.4 is 9.47 Å². The molecule has 0 aliphatic carbocycles. The Balaban J connectivity index is 1.74. The molecule has 0 saturated heterocycles. The van der Waals surface area contributed by atoms with Crippen LogP contribution in [0.15, 0.2) is 0 Å². The second kappa shape index (κ2) is 22.2. The first kappa shape index (κ1) is 40.7. The number of hydrogen-bond donors (Lipinski definition) is 0. The number of carbonyl (C=O) groups excluding carboxylic acids is 1. The molecule has 0 N–H and O–H groups in total. The van der Waals surface area contributed by atoms with Gasteiger partial charge in [0.05, 0.1) is 0 Å². The minimum Gasteiger partial charge on any atom is -0.487 e. The van der Waals surface area contributed by atoms with Crippen molar-refractivity contribution in [1.82, 2.24) is 0 Å². The topological polar surface area (TPSA) is 35.5 Å². The molecule has 0 amide bonds. The van der Waals surface area contributed by atoms with E-state index in [1.807, 2.05) is 0 Å². The molecule has 1 aromatic carbocycles. The molecule has 1 aliphatic heterocycles. The van der Waals surface area contributed by atoms with Crippen LogP contribution in [0.5, 0.6) is 11.5 Å². The van der Waals surface area contributed by atoms with E-state index >= 15 is 0 Å². The molecule has 0 aromatic heterocycles. The van der Waals surface area contributed by atoms with Gasteiger partial charge in [0.25, 0.3) is 0 Å². The van der Waals surface area contributed by atoms with Crippen LogP contribution in [-0.4, -0.2) is 11.6 Å². The standard InChI is InChI=1S/C43H76O3/c1-10-11-12-13-14-15-16-17-18-19-20-29-40(44)45-41-36(6)37(7)42-39(38(41)8)30-32-43(9,46-42)31-23-28-35(5)27-22-26-34(4)25-21-24-33(2)3/h33-35H,10-32H2,1-9H3. The molecule has 3 atom stereocenters. The first-order valence-electron chi connectivity index (χ1n) is 20.0. The maximum Gasteiger partial charge on any atom is 0.311 e. The highest BCUT2D eigenvalue weighted by Gasteiger charge is 2.34. The van der Waals surface area contributed by atoms with E-state index in [1.165, 1.54) is 115 Å². The Bertz CT molecular complexity index is 994. The van der Waals surface area contributed by atoms with Crippen molar-refractivity contribution in [2.24, 2.45) is 17.8 Å². The van der Waals surface area contributed by atoms with Crippen molar-refractivity contribution in [1.29, 1.82) is 0 Å². The van der Waals surface area contributed by atoms with Crippen LogP contribution in [0.2, 0.25) is 0 Å². The Kier molecular flexibility index (Phi) is 19.6. The van der Waals surface area contributed by atoms with Gasteiger partial charge in [-0.15, -0.1) is 0 Å². The molecule has 3 unspecified atom stereocenters. The number of esters is 1. The lowest BCUT2D eigenvalue weighted by atomic mass is 9.83. The van der Waals surface area contributed by atoms with Crippen LogP contribution in [0, 0.1) is 38.5 Å². The number of carbonyl (C=O) groups is 1. The zero-order valence-electron chi connectivity index (χ0n) is 32.2. The van der Waals surface area contributed by atoms with Crippen LogP contribution in [0.25, 0.3) is 0 Å². The van der Waals surface area contributed by atoms with Crippen molar-refractivity contribution in [3.63, 3.8) is 0 Å². The van der Waals surface area contributed by atoms with Gasteiger partial charge in [-0.2, -0.15) is 0 Å². The third kappa shape index (κ3) is 15.1. The zero-order chi connectivity index (χ0) is 34.0. The minimum atomic E-state index is -0.117. The fourth-order valence-electron chi connectivity index (χ4n) is 7.51. The second-order valence-corrected chi connectivity index (χ2v) is 16.2. The fraction of sp³-hybridized carbons (Fsp3) is 0.837. The summed E-state index contributed by atoms with van der Waals surface area (Å²) in [7, 11) is 0. The highest BCUT2D eigenvalue weighted by Crippen LogP contribution is 2.45. The minimum absolute atomic E-state index is 0.0854. The van der Waals surface area contributed by atoms with Crippen LogP contribution >= 0.6 is 0 Å². The van der Waals surface area contributed by atoms with E-state index in [9.17, 15) is 4.79 Å². The Morgan fingerprint density at radius 3 is 1.78 bits per heavy atom. The summed E-state index contributed by atoms with van der Waals surface area (Å²) in [5.41, 5.74) is 4.42. The van der Waals surface area contributed by atoms with Crippen LogP contribution in [0.1, 0.15) is 205 Å². The van der Waals surface area contributed by atoms with E-state index in [2.05, 4.69) is 62.3 Å². The number of hydrogen-bond acceptors (Lipinski definition) is 3. The first-order valence-corrected chi connectivity index (χ1v) is 20.0. The van der Waals surface area contributed by atoms with Gasteiger partial charge in [0.2, 0.25) is 0 Å². The monoisotopic (exact) mass is 641 g/mol. The Labute approximate surface area is 286 Å². The largest absolute Gasteiger partial charge is 0.487 e. The maximum atomic E-state index is 12.8. The predicted molar refractivity (Wildman–Crippen MR) is 199 cm³/mol. The molecule has 0 fully saturated rings. The summed E-state index contributed by atoms with van der Waals surface area (Å²) >= 11 is 0. The Hall–Kier alpha value is -1.51. The molecule has 0 spiro atoms. The molecule has 3 heteroatoms. The smallest absolute Gasteiger partial charge is 0.311 e. The van der Waals surface area contributed by atoms with E-state index in [0.29, 0.717) is 6.42 Å². The van der Waals surface area contributed by atoms with Gasteiger partial charge < -0.3 is 9.47 Å². The average Bonchev–Trinajstić information content (AvgIpc) is 3.00. The normalized spacial score (nSPS) is 17.5. The van der Waals surface area contributed by atoms with Gasteiger partial charge in [0, 0.05) is 12.0 Å². The zero-order valence-corrected chi connectivity index (χ0v) is 32.2. The van der Waals surface area contributed by atoms with Crippen molar-refractivity contribution in [3.8, 4) is 11.5 Å². The molecule has 0 bridgehead atoms. The lowest BCUT2D eigenvalue weighted by Crippen LogP contribution is -2.37. The van der Waals surface area contributed by atoms with Gasteiger partial charge in [-0.05, 0) is 94.2 Å². The lowest BCUT2D eigenvalue weighted by molar-refractivity contribution is -0.134. The summed E-state index contributed by atoms with van der Waals surface area (Å²) in [5.74, 6) is 4.24. The molecule has 3 nitrogen and oxygen atoms in total. The van der Waals surface area contributed by atoms with Gasteiger partial charge >= 0.3 is 5.97 Å². The van der Waals surface area contributed by atoms with Crippen molar-refractivity contribution in [2.45, 2.75) is 216 Å². The van der Waals surface area contributed by atoms with Gasteiger partial charge in [0.1, 0.15) is 17.1 Å². The van der Waals surface area contributed by atoms with E-state index in [1.54, 1.807) is 0 Å². The van der Waals surface area contributed by atoms with Crippen LogP contribution in [0.3, 0.4) is 0 Å². The second-order valence-electron chi connectivity index (χ2n) is 16.2. The van der Waals surface area contributed by atoms with E-state index < -0.39 is 0 Å². The predicted octanol–water partition coefficient (Wildman–Crippen LogP) is 13.7. The van der Waals surface area contributed by atoms with Gasteiger partial charge in [-0.3, -0.25) is 4.79 Å². The highest BCUT2D eigenvalue weighted by atomic mass is 16.5. The van der Waals surface area contributed by atoms with Gasteiger partial charge in [0.15, 0.2) is 0 Å². The van der Waals surface area contributed by atoms with Crippen molar-refractivity contribution >= 4 is 5.97 Å². The van der Waals surface area contributed by atoms with Crippen LogP contribution in [0.4, 0.5) is 0 Å². The number of benzene rings is 1. The summed E-state index contributed by atoms with van der Waals surface area (Å²) < 4.78 is 12.9. The summed E-state index contributed by atoms with van der Waals surface area (Å²) in [4.78, 5) is 12.8. The number of rotatable bonds is 25. The Morgan fingerprint density at radius 1 is 0.696 bits per heavy atom. The molecule has 1 heterocycles.